The van der Waals surface area contributed by atoms with Crippen LogP contribution in [0.15, 0.2) is 30.6 Å². The number of nitrogens with one attached hydrogen (secondary N) is 3. The van der Waals surface area contributed by atoms with Crippen molar-refractivity contribution in [3.8, 4) is 0 Å². The first-order chi connectivity index (χ1) is 10.0. The quantitative estimate of drug-likeness (QED) is 0.678. The molecule has 0 radical (unpaired) electrons. The van der Waals surface area contributed by atoms with Crippen LogP contribution in [0.1, 0.15) is 16.2 Å². The molecule has 110 valence electrons. The van der Waals surface area contributed by atoms with Crippen molar-refractivity contribution in [1.82, 2.24) is 15.3 Å². The Bertz CT molecular complexity index is 643. The normalized spacial score (nSPS) is 10.1. The fourth-order valence-electron chi connectivity index (χ4n) is 1.69. The number of urea groups is 1. The number of aromatic amines is 1. The predicted octanol–water partition coefficient (Wildman–Crippen LogP) is 2.13. The van der Waals surface area contributed by atoms with Crippen LogP contribution in [0.4, 0.5) is 10.5 Å². The highest BCUT2D eigenvalue weighted by Gasteiger charge is 2.08. The predicted molar refractivity (Wildman–Crippen MR) is 77.7 cm³/mol. The number of anilines is 1. The third-order valence-electron chi connectivity index (χ3n) is 2.60. The van der Waals surface area contributed by atoms with E-state index < -0.39 is 12.0 Å². The zero-order valence-electron chi connectivity index (χ0n) is 10.9. The molecule has 2 amide bonds. The van der Waals surface area contributed by atoms with Gasteiger partial charge in [0.25, 0.3) is 0 Å². The number of carboxylic acid groups (broad SMARTS) is 1. The number of hydrogen-bond donors (Lipinski definition) is 4. The van der Waals surface area contributed by atoms with E-state index in [9.17, 15) is 9.59 Å². The zero-order valence-corrected chi connectivity index (χ0v) is 11.6. The van der Waals surface area contributed by atoms with Crippen molar-refractivity contribution in [2.75, 3.05) is 11.9 Å². The summed E-state index contributed by atoms with van der Waals surface area (Å²) in [4.78, 5) is 29.5. The van der Waals surface area contributed by atoms with Crippen LogP contribution in [0.5, 0.6) is 0 Å². The number of hydrogen-bond acceptors (Lipinski definition) is 3. The van der Waals surface area contributed by atoms with Gasteiger partial charge in [0, 0.05) is 36.1 Å². The van der Waals surface area contributed by atoms with E-state index in [0.717, 1.165) is 5.82 Å². The second-order valence-corrected chi connectivity index (χ2v) is 4.64. The highest BCUT2D eigenvalue weighted by molar-refractivity contribution is 6.31. The van der Waals surface area contributed by atoms with E-state index >= 15 is 0 Å². The lowest BCUT2D eigenvalue weighted by molar-refractivity contribution is 0.0697. The summed E-state index contributed by atoms with van der Waals surface area (Å²) in [6.45, 7) is 0.395. The molecule has 0 spiro atoms. The molecule has 0 fully saturated rings. The number of rotatable bonds is 5. The van der Waals surface area contributed by atoms with E-state index in [-0.39, 0.29) is 10.6 Å². The first-order valence-electron chi connectivity index (χ1n) is 6.11. The van der Waals surface area contributed by atoms with Gasteiger partial charge in [-0.15, -0.1) is 0 Å². The number of carboxylic acids is 1. The third kappa shape index (κ3) is 4.50. The average Bonchev–Trinajstić information content (AvgIpc) is 2.91. The molecule has 0 unspecified atom stereocenters. The molecular weight excluding hydrogens is 296 g/mol. The van der Waals surface area contributed by atoms with Crippen LogP contribution in [0.3, 0.4) is 0 Å². The summed E-state index contributed by atoms with van der Waals surface area (Å²) in [7, 11) is 0. The van der Waals surface area contributed by atoms with Crippen LogP contribution < -0.4 is 10.6 Å². The average molecular weight is 309 g/mol. The molecule has 0 bridgehead atoms. The van der Waals surface area contributed by atoms with Crippen LogP contribution in [0.2, 0.25) is 5.02 Å². The van der Waals surface area contributed by atoms with Gasteiger partial charge in [-0.3, -0.25) is 0 Å². The Labute approximate surface area is 125 Å². The largest absolute Gasteiger partial charge is 0.478 e. The molecule has 1 aromatic heterocycles. The molecule has 2 rings (SSSR count). The smallest absolute Gasteiger partial charge is 0.335 e. The lowest BCUT2D eigenvalue weighted by Gasteiger charge is -2.08. The molecule has 4 N–H and O–H groups in total. The highest BCUT2D eigenvalue weighted by atomic mass is 35.5. The molecule has 2 aromatic rings. The summed E-state index contributed by atoms with van der Waals surface area (Å²) in [5, 5.41) is 14.3. The Morgan fingerprint density at radius 2 is 2.14 bits per heavy atom. The Hall–Kier alpha value is -2.54. The number of halogens is 1. The fourth-order valence-corrected chi connectivity index (χ4v) is 1.92. The van der Waals surface area contributed by atoms with E-state index in [1.54, 1.807) is 12.4 Å². The van der Waals surface area contributed by atoms with E-state index in [2.05, 4.69) is 20.6 Å². The summed E-state index contributed by atoms with van der Waals surface area (Å²) >= 11 is 5.80. The first-order valence-corrected chi connectivity index (χ1v) is 6.49. The van der Waals surface area contributed by atoms with Gasteiger partial charge in [0.15, 0.2) is 0 Å². The lowest BCUT2D eigenvalue weighted by Crippen LogP contribution is -2.30. The van der Waals surface area contributed by atoms with Crippen LogP contribution in [-0.2, 0) is 6.42 Å². The van der Waals surface area contributed by atoms with Gasteiger partial charge < -0.3 is 20.7 Å². The number of H-pyrrole nitrogens is 1. The fraction of sp³-hybridized carbons (Fsp3) is 0.154. The van der Waals surface area contributed by atoms with Gasteiger partial charge in [0.2, 0.25) is 0 Å². The Balaban J connectivity index is 1.88. The minimum atomic E-state index is -1.11. The Kier molecular flexibility index (Phi) is 4.78. The van der Waals surface area contributed by atoms with E-state index in [1.807, 2.05) is 0 Å². The van der Waals surface area contributed by atoms with Gasteiger partial charge in [-0.05, 0) is 18.2 Å². The highest BCUT2D eigenvalue weighted by Crippen LogP contribution is 2.19. The van der Waals surface area contributed by atoms with Gasteiger partial charge in [-0.2, -0.15) is 0 Å². The van der Waals surface area contributed by atoms with Gasteiger partial charge >= 0.3 is 12.0 Å². The third-order valence-corrected chi connectivity index (χ3v) is 2.82. The van der Waals surface area contributed by atoms with Crippen molar-refractivity contribution in [3.63, 3.8) is 0 Å². The molecule has 0 atom stereocenters. The molecule has 1 heterocycles. The molecule has 8 heteroatoms. The summed E-state index contributed by atoms with van der Waals surface area (Å²) in [6, 6.07) is 3.67. The molecule has 7 nitrogen and oxygen atoms in total. The Morgan fingerprint density at radius 1 is 1.33 bits per heavy atom. The molecule has 0 saturated heterocycles. The van der Waals surface area contributed by atoms with E-state index in [0.29, 0.717) is 18.7 Å². The maximum Gasteiger partial charge on any atom is 0.335 e. The second kappa shape index (κ2) is 6.76. The number of carbonyl (C=O) groups excluding carboxylic acids is 1. The Morgan fingerprint density at radius 3 is 2.81 bits per heavy atom. The van der Waals surface area contributed by atoms with Gasteiger partial charge in [-0.1, -0.05) is 11.6 Å². The number of amides is 2. The second-order valence-electron chi connectivity index (χ2n) is 4.20. The van der Waals surface area contributed by atoms with Gasteiger partial charge in [0.1, 0.15) is 5.82 Å². The number of carbonyl (C=O) groups is 2. The maximum absolute atomic E-state index is 11.7. The van der Waals surface area contributed by atoms with Crippen LogP contribution in [-0.4, -0.2) is 33.6 Å². The molecular formula is C13H13ClN4O3. The minimum absolute atomic E-state index is 0.00776. The topological polar surface area (TPSA) is 107 Å². The first kappa shape index (κ1) is 14.9. The van der Waals surface area contributed by atoms with Gasteiger partial charge in [0.05, 0.1) is 5.56 Å². The molecule has 0 saturated carbocycles. The summed E-state index contributed by atoms with van der Waals surface area (Å²) in [5.74, 6) is -0.343. The standard InChI is InChI=1S/C13H13ClN4O3/c14-9-5-8(12(19)20)6-10(7-9)18-13(21)17-2-1-11-15-3-4-16-11/h3-7H,1-2H2,(H,15,16)(H,19,20)(H2,17,18,21). The van der Waals surface area contributed by atoms with Gasteiger partial charge in [-0.25, -0.2) is 14.6 Å². The van der Waals surface area contributed by atoms with Crippen molar-refractivity contribution in [2.45, 2.75) is 6.42 Å². The molecule has 0 aliphatic heterocycles. The van der Waals surface area contributed by atoms with Crippen molar-refractivity contribution >= 4 is 29.3 Å². The SMILES string of the molecule is O=C(NCCc1ncc[nH]1)Nc1cc(Cl)cc(C(=O)O)c1. The monoisotopic (exact) mass is 308 g/mol. The zero-order chi connectivity index (χ0) is 15.2. The van der Waals surface area contributed by atoms with Crippen LogP contribution in [0.25, 0.3) is 0 Å². The van der Waals surface area contributed by atoms with E-state index in [4.69, 9.17) is 16.7 Å². The number of imidazole rings is 1. The van der Waals surface area contributed by atoms with Crippen molar-refractivity contribution in [1.29, 1.82) is 0 Å². The molecule has 0 aliphatic rings. The number of aromatic carboxylic acids is 1. The molecule has 1 aromatic carbocycles. The summed E-state index contributed by atoms with van der Waals surface area (Å²) in [5.41, 5.74) is 0.323. The van der Waals surface area contributed by atoms with Crippen molar-refractivity contribution < 1.29 is 14.7 Å². The number of aromatic nitrogens is 2. The van der Waals surface area contributed by atoms with Crippen LogP contribution >= 0.6 is 11.6 Å². The summed E-state index contributed by atoms with van der Waals surface area (Å²) in [6.07, 6.45) is 3.90. The van der Waals surface area contributed by atoms with Crippen molar-refractivity contribution in [3.05, 3.63) is 47.0 Å². The summed E-state index contributed by atoms with van der Waals surface area (Å²) < 4.78 is 0. The lowest BCUT2D eigenvalue weighted by atomic mass is 10.2. The van der Waals surface area contributed by atoms with Crippen molar-refractivity contribution in [2.24, 2.45) is 0 Å². The molecule has 21 heavy (non-hydrogen) atoms. The maximum atomic E-state index is 11.7. The molecule has 0 aliphatic carbocycles. The van der Waals surface area contributed by atoms with E-state index in [1.165, 1.54) is 18.2 Å². The minimum Gasteiger partial charge on any atom is -0.478 e. The van der Waals surface area contributed by atoms with Crippen LogP contribution in [0, 0.1) is 0 Å². The number of nitrogens with zero attached hydrogens (tertiary/aromatic N) is 1. The number of benzene rings is 1.